The summed E-state index contributed by atoms with van der Waals surface area (Å²) in [5.74, 6) is 0.208. The minimum absolute atomic E-state index is 0.00459. The molecule has 0 aliphatic carbocycles. The van der Waals surface area contributed by atoms with Gasteiger partial charge in [0.25, 0.3) is 0 Å². The number of nitrogens with one attached hydrogen (secondary N) is 2. The zero-order valence-electron chi connectivity index (χ0n) is 15.0. The molecule has 6 heteroatoms. The van der Waals surface area contributed by atoms with E-state index in [1.165, 1.54) is 5.56 Å². The second-order valence-electron chi connectivity index (χ2n) is 6.38. The Hall–Kier alpha value is -1.92. The number of aryl methyl sites for hydroxylation is 1. The average molecular weight is 347 g/mol. The molecule has 1 aliphatic rings. The van der Waals surface area contributed by atoms with Gasteiger partial charge in [0.2, 0.25) is 11.8 Å². The third kappa shape index (κ3) is 7.23. The lowest BCUT2D eigenvalue weighted by Gasteiger charge is -2.32. The number of likely N-dealkylation sites (tertiary alicyclic amines) is 1. The zero-order valence-corrected chi connectivity index (χ0v) is 15.0. The summed E-state index contributed by atoms with van der Waals surface area (Å²) in [5.41, 5.74) is 1.19. The Morgan fingerprint density at radius 2 is 1.92 bits per heavy atom. The third-order valence-electron chi connectivity index (χ3n) is 4.45. The van der Waals surface area contributed by atoms with Gasteiger partial charge in [0, 0.05) is 39.2 Å². The molecule has 0 atom stereocenters. The highest BCUT2D eigenvalue weighted by Crippen LogP contribution is 2.13. The van der Waals surface area contributed by atoms with Gasteiger partial charge >= 0.3 is 0 Å². The largest absolute Gasteiger partial charge is 0.383 e. The quantitative estimate of drug-likeness (QED) is 0.653. The van der Waals surface area contributed by atoms with Crippen LogP contribution < -0.4 is 10.6 Å². The number of piperidine rings is 1. The topological polar surface area (TPSA) is 70.7 Å². The Morgan fingerprint density at radius 1 is 1.20 bits per heavy atom. The summed E-state index contributed by atoms with van der Waals surface area (Å²) in [7, 11) is 1.64. The lowest BCUT2D eigenvalue weighted by molar-refractivity contribution is -0.132. The van der Waals surface area contributed by atoms with Gasteiger partial charge in [0.05, 0.1) is 13.2 Å². The van der Waals surface area contributed by atoms with Gasteiger partial charge in [-0.2, -0.15) is 0 Å². The van der Waals surface area contributed by atoms with Gasteiger partial charge < -0.3 is 20.3 Å². The van der Waals surface area contributed by atoms with E-state index in [-0.39, 0.29) is 17.9 Å². The molecule has 138 valence electrons. The van der Waals surface area contributed by atoms with Crippen LogP contribution in [0.5, 0.6) is 0 Å². The van der Waals surface area contributed by atoms with Gasteiger partial charge in [-0.1, -0.05) is 30.3 Å². The van der Waals surface area contributed by atoms with Crippen molar-refractivity contribution in [3.05, 3.63) is 35.9 Å². The Balaban J connectivity index is 1.62. The predicted molar refractivity (Wildman–Crippen MR) is 97.3 cm³/mol. The maximum atomic E-state index is 12.3. The summed E-state index contributed by atoms with van der Waals surface area (Å²) in [6, 6.07) is 10.2. The van der Waals surface area contributed by atoms with E-state index in [1.807, 2.05) is 23.1 Å². The van der Waals surface area contributed by atoms with Crippen molar-refractivity contribution in [2.45, 2.75) is 31.7 Å². The Morgan fingerprint density at radius 3 is 2.60 bits per heavy atom. The first-order valence-corrected chi connectivity index (χ1v) is 8.99. The lowest BCUT2D eigenvalue weighted by atomic mass is 10.0. The average Bonchev–Trinajstić information content (AvgIpc) is 2.65. The van der Waals surface area contributed by atoms with Crippen LogP contribution in [0.1, 0.15) is 24.8 Å². The second kappa shape index (κ2) is 10.8. The standard InChI is InChI=1S/C19H29N3O3/c1-25-14-11-20-15-18(23)21-17-9-12-22(13-10-17)19(24)8-7-16-5-3-2-4-6-16/h2-6,17,20H,7-15H2,1H3,(H,21,23). The van der Waals surface area contributed by atoms with Crippen molar-refractivity contribution in [3.63, 3.8) is 0 Å². The minimum Gasteiger partial charge on any atom is -0.383 e. The van der Waals surface area contributed by atoms with Gasteiger partial charge in [-0.05, 0) is 24.8 Å². The summed E-state index contributed by atoms with van der Waals surface area (Å²) in [6.45, 7) is 3.00. The molecular weight excluding hydrogens is 318 g/mol. The number of benzene rings is 1. The van der Waals surface area contributed by atoms with Crippen molar-refractivity contribution < 1.29 is 14.3 Å². The minimum atomic E-state index is 0.00459. The third-order valence-corrected chi connectivity index (χ3v) is 4.45. The molecule has 2 rings (SSSR count). The number of hydrogen-bond acceptors (Lipinski definition) is 4. The molecular formula is C19H29N3O3. The molecule has 1 aromatic rings. The van der Waals surface area contributed by atoms with Crippen LogP contribution in [0.3, 0.4) is 0 Å². The SMILES string of the molecule is COCCNCC(=O)NC1CCN(C(=O)CCc2ccccc2)CC1. The fourth-order valence-electron chi connectivity index (χ4n) is 2.98. The van der Waals surface area contributed by atoms with Crippen LogP contribution in [-0.4, -0.2) is 62.7 Å². The Bertz CT molecular complexity index is 528. The van der Waals surface area contributed by atoms with E-state index in [4.69, 9.17) is 4.74 Å². The number of hydrogen-bond donors (Lipinski definition) is 2. The first kappa shape index (κ1) is 19.4. The molecule has 0 saturated carbocycles. The molecule has 25 heavy (non-hydrogen) atoms. The molecule has 6 nitrogen and oxygen atoms in total. The fraction of sp³-hybridized carbons (Fsp3) is 0.579. The number of rotatable bonds is 9. The number of ether oxygens (including phenoxy) is 1. The molecule has 0 aromatic heterocycles. The highest BCUT2D eigenvalue weighted by atomic mass is 16.5. The number of carbonyl (C=O) groups is 2. The maximum absolute atomic E-state index is 12.3. The van der Waals surface area contributed by atoms with Crippen LogP contribution in [0, 0.1) is 0 Å². The molecule has 2 amide bonds. The predicted octanol–water partition coefficient (Wildman–Crippen LogP) is 0.962. The monoisotopic (exact) mass is 347 g/mol. The van der Waals surface area contributed by atoms with Crippen LogP contribution in [-0.2, 0) is 20.7 Å². The molecule has 0 radical (unpaired) electrons. The van der Waals surface area contributed by atoms with Crippen molar-refractivity contribution >= 4 is 11.8 Å². The fourth-order valence-corrected chi connectivity index (χ4v) is 2.98. The Kier molecular flexibility index (Phi) is 8.42. The number of carbonyl (C=O) groups excluding carboxylic acids is 2. The Labute approximate surface area is 149 Å². The maximum Gasteiger partial charge on any atom is 0.234 e. The van der Waals surface area contributed by atoms with E-state index < -0.39 is 0 Å². The van der Waals surface area contributed by atoms with Crippen molar-refractivity contribution in [1.29, 1.82) is 0 Å². The highest BCUT2D eigenvalue weighted by molar-refractivity contribution is 5.78. The lowest BCUT2D eigenvalue weighted by Crippen LogP contribution is -2.48. The summed E-state index contributed by atoms with van der Waals surface area (Å²) >= 11 is 0. The molecule has 1 fully saturated rings. The molecule has 2 N–H and O–H groups in total. The van der Waals surface area contributed by atoms with E-state index >= 15 is 0 Å². The van der Waals surface area contributed by atoms with Crippen molar-refractivity contribution in [1.82, 2.24) is 15.5 Å². The van der Waals surface area contributed by atoms with Gasteiger partial charge in [-0.25, -0.2) is 0 Å². The van der Waals surface area contributed by atoms with Gasteiger partial charge in [0.15, 0.2) is 0 Å². The molecule has 0 bridgehead atoms. The van der Waals surface area contributed by atoms with Gasteiger partial charge in [-0.3, -0.25) is 9.59 Å². The normalized spacial score (nSPS) is 15.2. The molecule has 1 aliphatic heterocycles. The number of amides is 2. The van der Waals surface area contributed by atoms with Crippen molar-refractivity contribution in [3.8, 4) is 0 Å². The summed E-state index contributed by atoms with van der Waals surface area (Å²) < 4.78 is 4.92. The van der Waals surface area contributed by atoms with E-state index in [0.717, 1.165) is 32.4 Å². The van der Waals surface area contributed by atoms with Crippen LogP contribution in [0.4, 0.5) is 0 Å². The van der Waals surface area contributed by atoms with E-state index in [9.17, 15) is 9.59 Å². The molecule has 0 unspecified atom stereocenters. The van der Waals surface area contributed by atoms with Crippen LogP contribution in [0.2, 0.25) is 0 Å². The first-order valence-electron chi connectivity index (χ1n) is 8.99. The van der Waals surface area contributed by atoms with E-state index in [2.05, 4.69) is 22.8 Å². The molecule has 1 aromatic carbocycles. The van der Waals surface area contributed by atoms with E-state index in [0.29, 0.717) is 26.1 Å². The molecule has 0 spiro atoms. The molecule has 1 heterocycles. The molecule has 1 saturated heterocycles. The van der Waals surface area contributed by atoms with Gasteiger partial charge in [-0.15, -0.1) is 0 Å². The summed E-state index contributed by atoms with van der Waals surface area (Å²) in [6.07, 6.45) is 2.97. The van der Waals surface area contributed by atoms with Crippen LogP contribution in [0.25, 0.3) is 0 Å². The zero-order chi connectivity index (χ0) is 17.9. The summed E-state index contributed by atoms with van der Waals surface area (Å²) in [4.78, 5) is 26.1. The van der Waals surface area contributed by atoms with Crippen molar-refractivity contribution in [2.24, 2.45) is 0 Å². The van der Waals surface area contributed by atoms with Crippen molar-refractivity contribution in [2.75, 3.05) is 39.9 Å². The smallest absolute Gasteiger partial charge is 0.234 e. The first-order chi connectivity index (χ1) is 12.2. The van der Waals surface area contributed by atoms with Crippen LogP contribution >= 0.6 is 0 Å². The summed E-state index contributed by atoms with van der Waals surface area (Å²) in [5, 5.41) is 6.07. The second-order valence-corrected chi connectivity index (χ2v) is 6.38. The van der Waals surface area contributed by atoms with E-state index in [1.54, 1.807) is 7.11 Å². The van der Waals surface area contributed by atoms with Crippen LogP contribution in [0.15, 0.2) is 30.3 Å². The highest BCUT2D eigenvalue weighted by Gasteiger charge is 2.23. The van der Waals surface area contributed by atoms with Gasteiger partial charge in [0.1, 0.15) is 0 Å². The number of nitrogens with zero attached hydrogens (tertiary/aromatic N) is 1. The number of methoxy groups -OCH3 is 1.